The van der Waals surface area contributed by atoms with Crippen molar-refractivity contribution in [2.24, 2.45) is 11.8 Å². The van der Waals surface area contributed by atoms with Gasteiger partial charge in [0.25, 0.3) is 0 Å². The van der Waals surface area contributed by atoms with E-state index in [-0.39, 0.29) is 12.0 Å². The van der Waals surface area contributed by atoms with Crippen molar-refractivity contribution in [2.45, 2.75) is 89.7 Å². The Kier molecular flexibility index (Phi) is 11.8. The fourth-order valence-electron chi connectivity index (χ4n) is 6.17. The van der Waals surface area contributed by atoms with E-state index in [1.54, 1.807) is 24.3 Å². The van der Waals surface area contributed by atoms with Crippen molar-refractivity contribution < 1.29 is 76.9 Å². The maximum absolute atomic E-state index is 12.8. The lowest BCUT2D eigenvalue weighted by Gasteiger charge is -2.46. The van der Waals surface area contributed by atoms with E-state index in [0.29, 0.717) is 5.56 Å². The summed E-state index contributed by atoms with van der Waals surface area (Å²) >= 11 is 0. The second-order valence-corrected chi connectivity index (χ2v) is 11.8. The van der Waals surface area contributed by atoms with Crippen LogP contribution in [0.25, 0.3) is 6.08 Å². The molecule has 10 atom stereocenters. The molecule has 1 saturated carbocycles. The molecule has 2 heterocycles. The van der Waals surface area contributed by atoms with Gasteiger partial charge in [0, 0.05) is 39.7 Å². The van der Waals surface area contributed by atoms with Crippen molar-refractivity contribution in [1.29, 1.82) is 0 Å². The first-order valence-electron chi connectivity index (χ1n) is 15.3. The van der Waals surface area contributed by atoms with Gasteiger partial charge in [-0.1, -0.05) is 30.3 Å². The van der Waals surface area contributed by atoms with E-state index in [2.05, 4.69) is 0 Å². The SMILES string of the molecule is CC(=O)OC[C@H]1O[C@@H](O[C@@H]2OC=C(C(=O)O)[C@H]3C[C@H](OC(=O)/C=C/c4ccccc4)[C@](C)(O)[C@@H]23)[C@H](OC(C)=O)[C@@H](OC(C)=O)[C@@H]1OC(C)=O. The highest BCUT2D eigenvalue weighted by atomic mass is 16.8. The van der Waals surface area contributed by atoms with E-state index in [9.17, 15) is 39.0 Å². The minimum absolute atomic E-state index is 0.136. The zero-order valence-electron chi connectivity index (χ0n) is 27.3. The van der Waals surface area contributed by atoms with E-state index in [1.165, 1.54) is 19.1 Å². The quantitative estimate of drug-likeness (QED) is 0.191. The number of carbonyl (C=O) groups excluding carboxylic acids is 5. The molecule has 1 aromatic carbocycles. The minimum Gasteiger partial charge on any atom is -0.478 e. The van der Waals surface area contributed by atoms with Gasteiger partial charge in [0.2, 0.25) is 12.6 Å². The van der Waals surface area contributed by atoms with Gasteiger partial charge in [0.05, 0.1) is 17.8 Å². The Morgan fingerprint density at radius 3 is 2.06 bits per heavy atom. The van der Waals surface area contributed by atoms with E-state index in [0.717, 1.165) is 34.0 Å². The third-order valence-electron chi connectivity index (χ3n) is 8.18. The number of ether oxygens (including phenoxy) is 8. The third-order valence-corrected chi connectivity index (χ3v) is 8.18. The fraction of sp³-hybridized carbons (Fsp3) is 0.515. The van der Waals surface area contributed by atoms with Crippen molar-refractivity contribution in [3.8, 4) is 0 Å². The summed E-state index contributed by atoms with van der Waals surface area (Å²) in [6, 6.07) is 8.90. The number of aliphatic carboxylic acids is 1. The summed E-state index contributed by atoms with van der Waals surface area (Å²) in [6.45, 7) is 5.10. The van der Waals surface area contributed by atoms with Crippen LogP contribution in [-0.4, -0.2) is 101 Å². The molecule has 16 nitrogen and oxygen atoms in total. The third kappa shape index (κ3) is 9.01. The summed E-state index contributed by atoms with van der Waals surface area (Å²) in [5.74, 6) is -7.64. The fourth-order valence-corrected chi connectivity index (χ4v) is 6.17. The van der Waals surface area contributed by atoms with Crippen molar-refractivity contribution in [2.75, 3.05) is 6.61 Å². The van der Waals surface area contributed by atoms with Crippen LogP contribution in [0, 0.1) is 11.8 Å². The predicted molar refractivity (Wildman–Crippen MR) is 161 cm³/mol. The molecule has 4 rings (SSSR count). The van der Waals surface area contributed by atoms with E-state index in [4.69, 9.17) is 37.9 Å². The molecule has 2 fully saturated rings. The number of rotatable bonds is 11. The second kappa shape index (κ2) is 15.6. The molecule has 16 heteroatoms. The Hall–Kier alpha value is -4.80. The lowest BCUT2D eigenvalue weighted by Crippen LogP contribution is -2.64. The van der Waals surface area contributed by atoms with Crippen molar-refractivity contribution in [1.82, 2.24) is 0 Å². The van der Waals surface area contributed by atoms with Gasteiger partial charge in [-0.05, 0) is 25.0 Å². The zero-order chi connectivity index (χ0) is 36.0. The Balaban J connectivity index is 1.67. The maximum Gasteiger partial charge on any atom is 0.334 e. The largest absolute Gasteiger partial charge is 0.478 e. The topological polar surface area (TPSA) is 217 Å². The molecule has 2 aliphatic heterocycles. The number of esters is 5. The number of carbonyl (C=O) groups is 6. The normalized spacial score (nSPS) is 32.1. The first-order chi connectivity index (χ1) is 23.1. The van der Waals surface area contributed by atoms with Crippen LogP contribution in [0.2, 0.25) is 0 Å². The van der Waals surface area contributed by atoms with Crippen LogP contribution in [0.5, 0.6) is 0 Å². The van der Waals surface area contributed by atoms with Crippen molar-refractivity contribution >= 4 is 41.9 Å². The number of carboxylic acid groups (broad SMARTS) is 1. The molecule has 3 aliphatic rings. The van der Waals surface area contributed by atoms with Crippen molar-refractivity contribution in [3.63, 3.8) is 0 Å². The van der Waals surface area contributed by atoms with Gasteiger partial charge in [0.1, 0.15) is 24.4 Å². The molecule has 2 N–H and O–H groups in total. The van der Waals surface area contributed by atoms with Gasteiger partial charge >= 0.3 is 35.8 Å². The average molecular weight is 691 g/mol. The molecule has 0 aromatic heterocycles. The van der Waals surface area contributed by atoms with Crippen LogP contribution in [0.1, 0.15) is 46.6 Å². The van der Waals surface area contributed by atoms with Gasteiger partial charge in [-0.25, -0.2) is 9.59 Å². The zero-order valence-corrected chi connectivity index (χ0v) is 27.3. The average Bonchev–Trinajstić information content (AvgIpc) is 3.27. The minimum atomic E-state index is -1.96. The molecule has 0 bridgehead atoms. The first kappa shape index (κ1) is 37.0. The van der Waals surface area contributed by atoms with Crippen molar-refractivity contribution in [3.05, 3.63) is 53.8 Å². The summed E-state index contributed by atoms with van der Waals surface area (Å²) in [4.78, 5) is 73.2. The molecule has 1 saturated heterocycles. The maximum atomic E-state index is 12.8. The summed E-state index contributed by atoms with van der Waals surface area (Å²) in [7, 11) is 0. The van der Waals surface area contributed by atoms with Gasteiger partial charge in [0.15, 0.2) is 18.3 Å². The number of fused-ring (bicyclic) bond motifs is 1. The second-order valence-electron chi connectivity index (χ2n) is 11.8. The molecule has 49 heavy (non-hydrogen) atoms. The van der Waals surface area contributed by atoms with Crippen LogP contribution >= 0.6 is 0 Å². The van der Waals surface area contributed by atoms with Crippen LogP contribution in [0.3, 0.4) is 0 Å². The first-order valence-corrected chi connectivity index (χ1v) is 15.3. The number of aliphatic hydroxyl groups is 1. The van der Waals surface area contributed by atoms with E-state index in [1.807, 2.05) is 6.07 Å². The van der Waals surface area contributed by atoms with Crippen LogP contribution in [0.15, 0.2) is 48.2 Å². The Morgan fingerprint density at radius 1 is 0.857 bits per heavy atom. The summed E-state index contributed by atoms with van der Waals surface area (Å²) in [5.41, 5.74) is -1.47. The highest BCUT2D eigenvalue weighted by Crippen LogP contribution is 2.51. The van der Waals surface area contributed by atoms with Gasteiger partial charge in [-0.15, -0.1) is 0 Å². The number of hydrogen-bond acceptors (Lipinski definition) is 15. The summed E-state index contributed by atoms with van der Waals surface area (Å²) in [5, 5.41) is 21.7. The Labute approximate surface area is 280 Å². The molecule has 0 unspecified atom stereocenters. The van der Waals surface area contributed by atoms with Crippen LogP contribution in [-0.2, 0) is 66.7 Å². The van der Waals surface area contributed by atoms with E-state index >= 15 is 0 Å². The van der Waals surface area contributed by atoms with Gasteiger partial charge < -0.3 is 48.1 Å². The predicted octanol–water partition coefficient (Wildman–Crippen LogP) is 1.42. The van der Waals surface area contributed by atoms with Gasteiger partial charge in [-0.3, -0.25) is 19.2 Å². The standard InChI is InChI=1S/C33H38O16/c1-16(34)42-15-23-27(44-17(2)35)28(45-18(3)36)29(46-19(4)37)32(47-23)49-31-26-21(22(14-43-31)30(39)40)13-24(33(26,5)41)48-25(38)12-11-20-9-7-6-8-10-20/h6-12,14,21,23-24,26-29,31-32,41H,13,15H2,1-5H3,(H,39,40)/b12-11+/t21-,23-,24+,26-,27-,28+,29-,31+,32+,33+/m1/s1. The highest BCUT2D eigenvalue weighted by molar-refractivity contribution is 5.88. The Bertz CT molecular complexity index is 1480. The monoisotopic (exact) mass is 690 g/mol. The molecule has 266 valence electrons. The molecule has 0 amide bonds. The molecule has 0 spiro atoms. The molecule has 0 radical (unpaired) electrons. The summed E-state index contributed by atoms with van der Waals surface area (Å²) in [6.07, 6.45) is -6.95. The van der Waals surface area contributed by atoms with Crippen LogP contribution < -0.4 is 0 Å². The molecule has 1 aromatic rings. The summed E-state index contributed by atoms with van der Waals surface area (Å²) < 4.78 is 44.7. The molecular weight excluding hydrogens is 652 g/mol. The Morgan fingerprint density at radius 2 is 1.47 bits per heavy atom. The lowest BCUT2D eigenvalue weighted by atomic mass is 9.81. The molecular formula is C33H38O16. The lowest BCUT2D eigenvalue weighted by molar-refractivity contribution is -0.349. The smallest absolute Gasteiger partial charge is 0.334 e. The number of benzene rings is 1. The van der Waals surface area contributed by atoms with Gasteiger partial charge in [-0.2, -0.15) is 0 Å². The highest BCUT2D eigenvalue weighted by Gasteiger charge is 2.62. The van der Waals surface area contributed by atoms with E-state index < -0.39 is 103 Å². The molecule has 1 aliphatic carbocycles. The van der Waals surface area contributed by atoms with Crippen LogP contribution in [0.4, 0.5) is 0 Å². The number of hydrogen-bond donors (Lipinski definition) is 2. The number of carboxylic acids is 1.